The van der Waals surface area contributed by atoms with Crippen LogP contribution < -0.4 is 20.3 Å². The molecule has 2 fully saturated rings. The van der Waals surface area contributed by atoms with Crippen molar-refractivity contribution in [2.45, 2.75) is 58.0 Å². The summed E-state index contributed by atoms with van der Waals surface area (Å²) in [5.41, 5.74) is 5.44. The molecule has 7 nitrogen and oxygen atoms in total. The Bertz CT molecular complexity index is 1290. The molecule has 2 atom stereocenters. The number of carbonyl (C=O) groups is 1. The highest BCUT2D eigenvalue weighted by Gasteiger charge is 2.31. The van der Waals surface area contributed by atoms with Crippen molar-refractivity contribution in [1.29, 1.82) is 0 Å². The number of fused-ring (bicyclic) bond motifs is 1. The molecule has 2 N–H and O–H groups in total. The highest BCUT2D eigenvalue weighted by Crippen LogP contribution is 2.43. The number of rotatable bonds is 6. The summed E-state index contributed by atoms with van der Waals surface area (Å²) in [6, 6.07) is 7.86. The van der Waals surface area contributed by atoms with E-state index in [1.54, 1.807) is 19.4 Å². The van der Waals surface area contributed by atoms with Crippen LogP contribution in [-0.2, 0) is 0 Å². The van der Waals surface area contributed by atoms with E-state index in [0.29, 0.717) is 28.3 Å². The molecule has 190 valence electrons. The smallest absolute Gasteiger partial charge is 0.255 e. The molecule has 5 rings (SSSR count). The molecule has 1 saturated carbocycles. The van der Waals surface area contributed by atoms with Crippen LogP contribution in [0.15, 0.2) is 30.5 Å². The van der Waals surface area contributed by atoms with Crippen molar-refractivity contribution in [2.24, 2.45) is 0 Å². The van der Waals surface area contributed by atoms with Crippen LogP contribution in [0.1, 0.15) is 72.4 Å². The third kappa shape index (κ3) is 5.00. The normalized spacial score (nSPS) is 19.1. The Kier molecular flexibility index (Phi) is 7.04. The quantitative estimate of drug-likeness (QED) is 0.480. The van der Waals surface area contributed by atoms with E-state index in [2.05, 4.69) is 28.5 Å². The van der Waals surface area contributed by atoms with E-state index in [1.807, 2.05) is 26.0 Å². The second-order valence-electron chi connectivity index (χ2n) is 10.1. The zero-order valence-corrected chi connectivity index (χ0v) is 22.2. The largest absolute Gasteiger partial charge is 0.495 e. The maximum atomic E-state index is 13.8. The van der Waals surface area contributed by atoms with Crippen LogP contribution in [0, 0.1) is 6.92 Å². The molecule has 1 aliphatic heterocycles. The fraction of sp³-hybridized carbons (Fsp3) is 0.464. The highest BCUT2D eigenvalue weighted by atomic mass is 35.5. The van der Waals surface area contributed by atoms with Gasteiger partial charge < -0.3 is 20.3 Å². The van der Waals surface area contributed by atoms with Crippen molar-refractivity contribution >= 4 is 34.1 Å². The fourth-order valence-electron chi connectivity index (χ4n) is 5.03. The molecule has 1 saturated heterocycles. The lowest BCUT2D eigenvalue weighted by molar-refractivity contribution is 0.0940. The van der Waals surface area contributed by atoms with Gasteiger partial charge >= 0.3 is 0 Å². The van der Waals surface area contributed by atoms with E-state index in [4.69, 9.17) is 26.3 Å². The van der Waals surface area contributed by atoms with E-state index in [9.17, 15) is 4.79 Å². The van der Waals surface area contributed by atoms with Gasteiger partial charge in [0.25, 0.3) is 5.91 Å². The van der Waals surface area contributed by atoms with Crippen LogP contribution in [0.25, 0.3) is 10.9 Å². The molecule has 3 aromatic rings. The zero-order chi connectivity index (χ0) is 25.4. The van der Waals surface area contributed by atoms with Gasteiger partial charge in [-0.3, -0.25) is 14.8 Å². The molecule has 0 spiro atoms. The molecule has 1 amide bonds. The zero-order valence-electron chi connectivity index (χ0n) is 21.4. The molecule has 3 heterocycles. The first-order chi connectivity index (χ1) is 17.4. The van der Waals surface area contributed by atoms with Gasteiger partial charge in [0.05, 0.1) is 40.6 Å². The van der Waals surface area contributed by atoms with E-state index in [-0.39, 0.29) is 11.9 Å². The van der Waals surface area contributed by atoms with Gasteiger partial charge in [-0.15, -0.1) is 0 Å². The van der Waals surface area contributed by atoms with Gasteiger partial charge in [0, 0.05) is 48.9 Å². The lowest BCUT2D eigenvalue weighted by atomic mass is 10.0. The molecular formula is C28H34ClN5O2. The van der Waals surface area contributed by atoms with Gasteiger partial charge in [0.15, 0.2) is 0 Å². The number of halogens is 1. The Morgan fingerprint density at radius 2 is 2.06 bits per heavy atom. The first-order valence-electron chi connectivity index (χ1n) is 12.8. The van der Waals surface area contributed by atoms with Gasteiger partial charge in [-0.25, -0.2) is 0 Å². The Balaban J connectivity index is 1.55. The third-order valence-electron chi connectivity index (χ3n) is 7.23. The van der Waals surface area contributed by atoms with Gasteiger partial charge in [-0.05, 0) is 63.8 Å². The number of carbonyl (C=O) groups excluding carboxylic acids is 1. The number of hydrogen-bond acceptors (Lipinski definition) is 6. The van der Waals surface area contributed by atoms with Crippen LogP contribution in [0.5, 0.6) is 5.75 Å². The summed E-state index contributed by atoms with van der Waals surface area (Å²) in [6.07, 6.45) is 5.05. The number of benzene rings is 1. The Morgan fingerprint density at radius 1 is 1.25 bits per heavy atom. The average Bonchev–Trinajstić information content (AvgIpc) is 3.71. The number of pyridine rings is 2. The summed E-state index contributed by atoms with van der Waals surface area (Å²) < 4.78 is 5.37. The Hall–Kier alpha value is -2.90. The lowest BCUT2D eigenvalue weighted by Gasteiger charge is -2.27. The first kappa shape index (κ1) is 24.8. The van der Waals surface area contributed by atoms with Crippen LogP contribution >= 0.6 is 11.6 Å². The number of nitrogens with zero attached hydrogens (tertiary/aromatic N) is 3. The van der Waals surface area contributed by atoms with Crippen molar-refractivity contribution in [2.75, 3.05) is 31.6 Å². The number of aryl methyl sites for hydroxylation is 1. The van der Waals surface area contributed by atoms with Crippen LogP contribution in [0.3, 0.4) is 0 Å². The number of nitrogens with one attached hydrogen (secondary N) is 2. The molecule has 8 heteroatoms. The van der Waals surface area contributed by atoms with E-state index >= 15 is 0 Å². The van der Waals surface area contributed by atoms with Crippen molar-refractivity contribution in [3.8, 4) is 5.75 Å². The van der Waals surface area contributed by atoms with Crippen LogP contribution in [0.2, 0.25) is 5.02 Å². The molecule has 0 radical (unpaired) electrons. The summed E-state index contributed by atoms with van der Waals surface area (Å²) in [5.74, 6) is 0.914. The maximum absolute atomic E-state index is 13.8. The molecule has 2 aromatic heterocycles. The topological polar surface area (TPSA) is 79.4 Å². The lowest BCUT2D eigenvalue weighted by Crippen LogP contribution is -2.33. The first-order valence-corrected chi connectivity index (χ1v) is 13.2. The summed E-state index contributed by atoms with van der Waals surface area (Å²) in [4.78, 5) is 25.8. The predicted octanol–water partition coefficient (Wildman–Crippen LogP) is 5.16. The second kappa shape index (κ2) is 10.2. The van der Waals surface area contributed by atoms with E-state index < -0.39 is 0 Å². The minimum atomic E-state index is -0.237. The van der Waals surface area contributed by atoms with Crippen molar-refractivity contribution in [3.05, 3.63) is 58.0 Å². The Labute approximate surface area is 217 Å². The standard InChI is InChI=1S/C28H34ClN5O2/c1-16-9-11-34(12-10-30-16)27-21-13-17(2)32-25(19-5-6-19)26(21)31-15-22(27)28(35)33-18(3)20-7-8-23(29)24(14-20)36-4/h7-8,13-16,18-19,30H,5-6,9-12H2,1-4H3,(H,33,35)/t16-,18-/m0/s1. The number of aromatic nitrogens is 2. The predicted molar refractivity (Wildman–Crippen MR) is 144 cm³/mol. The molecule has 1 aliphatic carbocycles. The summed E-state index contributed by atoms with van der Waals surface area (Å²) in [6.45, 7) is 8.77. The fourth-order valence-corrected chi connectivity index (χ4v) is 5.22. The van der Waals surface area contributed by atoms with Crippen LogP contribution in [0.4, 0.5) is 5.69 Å². The number of anilines is 1. The van der Waals surface area contributed by atoms with Crippen LogP contribution in [-0.4, -0.2) is 48.7 Å². The number of hydrogen-bond donors (Lipinski definition) is 2. The monoisotopic (exact) mass is 507 g/mol. The summed E-state index contributed by atoms with van der Waals surface area (Å²) >= 11 is 6.20. The van der Waals surface area contributed by atoms with Crippen molar-refractivity contribution in [3.63, 3.8) is 0 Å². The average molecular weight is 508 g/mol. The maximum Gasteiger partial charge on any atom is 0.255 e. The second-order valence-corrected chi connectivity index (χ2v) is 10.5. The molecular weight excluding hydrogens is 474 g/mol. The minimum absolute atomic E-state index is 0.145. The molecule has 2 aliphatic rings. The van der Waals surface area contributed by atoms with Gasteiger partial charge in [-0.2, -0.15) is 0 Å². The van der Waals surface area contributed by atoms with Crippen molar-refractivity contribution in [1.82, 2.24) is 20.6 Å². The highest BCUT2D eigenvalue weighted by molar-refractivity contribution is 6.32. The van der Waals surface area contributed by atoms with E-state index in [1.165, 1.54) is 0 Å². The van der Waals surface area contributed by atoms with Gasteiger partial charge in [0.1, 0.15) is 5.75 Å². The van der Waals surface area contributed by atoms with E-state index in [0.717, 1.165) is 72.4 Å². The Morgan fingerprint density at radius 3 is 2.81 bits per heavy atom. The molecule has 0 unspecified atom stereocenters. The number of methoxy groups -OCH3 is 1. The summed E-state index contributed by atoms with van der Waals surface area (Å²) in [5, 5.41) is 8.31. The minimum Gasteiger partial charge on any atom is -0.495 e. The van der Waals surface area contributed by atoms with Gasteiger partial charge in [0.2, 0.25) is 0 Å². The molecule has 36 heavy (non-hydrogen) atoms. The third-order valence-corrected chi connectivity index (χ3v) is 7.55. The number of amides is 1. The number of ether oxygens (including phenoxy) is 1. The van der Waals surface area contributed by atoms with Crippen molar-refractivity contribution < 1.29 is 9.53 Å². The SMILES string of the molecule is COc1cc([C@H](C)NC(=O)c2cnc3c(C4CC4)nc(C)cc3c2N2CCN[C@@H](C)CC2)ccc1Cl. The molecule has 1 aromatic carbocycles. The van der Waals surface area contributed by atoms with Gasteiger partial charge in [-0.1, -0.05) is 17.7 Å². The molecule has 0 bridgehead atoms. The summed E-state index contributed by atoms with van der Waals surface area (Å²) in [7, 11) is 1.59.